The summed E-state index contributed by atoms with van der Waals surface area (Å²) in [6, 6.07) is 0. The third-order valence-corrected chi connectivity index (χ3v) is 2.88. The summed E-state index contributed by atoms with van der Waals surface area (Å²) in [6.07, 6.45) is 1.52. The van der Waals surface area contributed by atoms with Crippen LogP contribution in [0.1, 0.15) is 48.3 Å². The number of amides is 1. The number of nitrogens with zero attached hydrogens (tertiary/aromatic N) is 1. The fraction of sp³-hybridized carbons (Fsp3) is 0.615. The lowest BCUT2D eigenvalue weighted by Gasteiger charge is -2.10. The highest BCUT2D eigenvalue weighted by molar-refractivity contribution is 5.92. The van der Waals surface area contributed by atoms with Crippen molar-refractivity contribution >= 4 is 11.9 Å². The Balaban J connectivity index is 2.31. The van der Waals surface area contributed by atoms with Gasteiger partial charge in [-0.2, -0.15) is 0 Å². The minimum Gasteiger partial charge on any atom is -0.481 e. The smallest absolute Gasteiger partial charge is 0.303 e. The zero-order valence-electron chi connectivity index (χ0n) is 11.5. The number of nitrogens with one attached hydrogen (secondary N) is 1. The highest BCUT2D eigenvalue weighted by Gasteiger charge is 2.15. The molecule has 0 saturated carbocycles. The Labute approximate surface area is 112 Å². The van der Waals surface area contributed by atoms with E-state index in [1.165, 1.54) is 0 Å². The molecule has 0 fully saturated rings. The molecule has 0 radical (unpaired) electrons. The lowest BCUT2D eigenvalue weighted by atomic mass is 10.0. The van der Waals surface area contributed by atoms with E-state index in [9.17, 15) is 9.59 Å². The average molecular weight is 268 g/mol. The molecule has 0 aliphatic rings. The molecule has 0 spiro atoms. The van der Waals surface area contributed by atoms with Crippen molar-refractivity contribution in [3.05, 3.63) is 17.3 Å². The topological polar surface area (TPSA) is 92.4 Å². The fourth-order valence-electron chi connectivity index (χ4n) is 1.77. The molecule has 106 valence electrons. The summed E-state index contributed by atoms with van der Waals surface area (Å²) in [5.74, 6) is -0.0886. The lowest BCUT2D eigenvalue weighted by Crippen LogP contribution is -2.26. The molecule has 1 heterocycles. The van der Waals surface area contributed by atoms with Crippen LogP contribution in [0.2, 0.25) is 0 Å². The van der Waals surface area contributed by atoms with Crippen molar-refractivity contribution in [2.45, 2.75) is 40.0 Å². The van der Waals surface area contributed by atoms with Gasteiger partial charge in [0.05, 0.1) is 5.69 Å². The van der Waals surface area contributed by atoms with E-state index in [1.807, 2.05) is 6.92 Å². The number of carbonyl (C=O) groups excluding carboxylic acids is 1. The van der Waals surface area contributed by atoms with Crippen LogP contribution in [-0.4, -0.2) is 28.5 Å². The van der Waals surface area contributed by atoms with Crippen LogP contribution in [0, 0.1) is 19.8 Å². The molecule has 0 aliphatic carbocycles. The van der Waals surface area contributed by atoms with Gasteiger partial charge in [0.1, 0.15) is 0 Å². The van der Waals surface area contributed by atoms with Gasteiger partial charge < -0.3 is 14.8 Å². The van der Waals surface area contributed by atoms with Gasteiger partial charge in [0.25, 0.3) is 5.91 Å². The quantitative estimate of drug-likeness (QED) is 0.788. The molecule has 1 unspecified atom stereocenters. The van der Waals surface area contributed by atoms with Crippen LogP contribution in [-0.2, 0) is 4.79 Å². The first-order valence-corrected chi connectivity index (χ1v) is 6.34. The monoisotopic (exact) mass is 268 g/mol. The third-order valence-electron chi connectivity index (χ3n) is 2.88. The van der Waals surface area contributed by atoms with E-state index in [1.54, 1.807) is 13.8 Å². The normalized spacial score (nSPS) is 12.2. The number of hydrogen-bond donors (Lipinski definition) is 2. The summed E-state index contributed by atoms with van der Waals surface area (Å²) < 4.78 is 5.21. The van der Waals surface area contributed by atoms with Gasteiger partial charge in [-0.05, 0) is 25.7 Å². The van der Waals surface area contributed by atoms with E-state index in [2.05, 4.69) is 10.3 Å². The molecule has 0 saturated heterocycles. The number of aliphatic carboxylic acids is 1. The SMILES string of the molecule is Cc1nc(C)c(C(=O)NCCC(C)CCC(=O)O)o1. The second-order valence-electron chi connectivity index (χ2n) is 4.73. The van der Waals surface area contributed by atoms with Gasteiger partial charge in [-0.3, -0.25) is 9.59 Å². The van der Waals surface area contributed by atoms with Gasteiger partial charge in [0, 0.05) is 19.9 Å². The molecule has 1 rings (SSSR count). The minimum absolute atomic E-state index is 0.162. The van der Waals surface area contributed by atoms with Crippen LogP contribution in [0.3, 0.4) is 0 Å². The second kappa shape index (κ2) is 6.92. The highest BCUT2D eigenvalue weighted by Crippen LogP contribution is 2.11. The number of carbonyl (C=O) groups is 2. The molecule has 1 amide bonds. The number of aryl methyl sites for hydroxylation is 2. The first kappa shape index (κ1) is 15.2. The van der Waals surface area contributed by atoms with Crippen LogP contribution in [0.25, 0.3) is 0 Å². The molecule has 6 heteroatoms. The highest BCUT2D eigenvalue weighted by atomic mass is 16.4. The van der Waals surface area contributed by atoms with Gasteiger partial charge in [-0.1, -0.05) is 6.92 Å². The van der Waals surface area contributed by atoms with Crippen LogP contribution < -0.4 is 5.32 Å². The molecule has 6 nitrogen and oxygen atoms in total. The Morgan fingerprint density at radius 3 is 2.58 bits per heavy atom. The molecule has 2 N–H and O–H groups in total. The van der Waals surface area contributed by atoms with Crippen LogP contribution in [0.4, 0.5) is 0 Å². The van der Waals surface area contributed by atoms with Gasteiger partial charge in [-0.15, -0.1) is 0 Å². The predicted molar refractivity (Wildman–Crippen MR) is 69.0 cm³/mol. The number of carboxylic acids is 1. The number of aromatic nitrogens is 1. The van der Waals surface area contributed by atoms with E-state index < -0.39 is 5.97 Å². The Morgan fingerprint density at radius 1 is 1.37 bits per heavy atom. The molecule has 0 aromatic carbocycles. The predicted octanol–water partition coefficient (Wildman–Crippen LogP) is 1.91. The second-order valence-corrected chi connectivity index (χ2v) is 4.73. The lowest BCUT2D eigenvalue weighted by molar-refractivity contribution is -0.137. The van der Waals surface area contributed by atoms with Crippen LogP contribution in [0.5, 0.6) is 0 Å². The number of oxazole rings is 1. The molecule has 0 bridgehead atoms. The minimum atomic E-state index is -0.788. The molecular formula is C13H20N2O4. The summed E-state index contributed by atoms with van der Waals surface area (Å²) in [7, 11) is 0. The van der Waals surface area contributed by atoms with E-state index in [4.69, 9.17) is 9.52 Å². The molecule has 1 atom stereocenters. The Bertz CT molecular complexity index is 453. The van der Waals surface area contributed by atoms with Crippen molar-refractivity contribution in [2.75, 3.05) is 6.54 Å². The summed E-state index contributed by atoms with van der Waals surface area (Å²) in [5, 5.41) is 11.3. The van der Waals surface area contributed by atoms with Crippen molar-refractivity contribution in [3.63, 3.8) is 0 Å². The first-order valence-electron chi connectivity index (χ1n) is 6.34. The molecule has 1 aromatic heterocycles. The Morgan fingerprint density at radius 2 is 2.05 bits per heavy atom. The summed E-state index contributed by atoms with van der Waals surface area (Å²) in [6.45, 7) is 5.89. The van der Waals surface area contributed by atoms with Crippen molar-refractivity contribution in [1.29, 1.82) is 0 Å². The van der Waals surface area contributed by atoms with E-state index in [-0.39, 0.29) is 24.0 Å². The van der Waals surface area contributed by atoms with Crippen molar-refractivity contribution in [1.82, 2.24) is 10.3 Å². The largest absolute Gasteiger partial charge is 0.481 e. The molecule has 1 aromatic rings. The van der Waals surface area contributed by atoms with Crippen molar-refractivity contribution in [3.8, 4) is 0 Å². The summed E-state index contributed by atoms with van der Waals surface area (Å²) in [5.41, 5.74) is 0.578. The number of rotatable bonds is 7. The zero-order valence-corrected chi connectivity index (χ0v) is 11.5. The fourth-order valence-corrected chi connectivity index (χ4v) is 1.77. The average Bonchev–Trinajstić information content (AvgIpc) is 2.65. The first-order chi connectivity index (χ1) is 8.90. The third kappa shape index (κ3) is 5.11. The maximum atomic E-state index is 11.8. The van der Waals surface area contributed by atoms with Crippen LogP contribution >= 0.6 is 0 Å². The van der Waals surface area contributed by atoms with Gasteiger partial charge in [0.2, 0.25) is 5.76 Å². The summed E-state index contributed by atoms with van der Waals surface area (Å²) in [4.78, 5) is 26.2. The standard InChI is InChI=1S/C13H20N2O4/c1-8(4-5-11(16)17)6-7-14-13(18)12-9(2)15-10(3)19-12/h8H,4-7H2,1-3H3,(H,14,18)(H,16,17). The van der Waals surface area contributed by atoms with E-state index >= 15 is 0 Å². The summed E-state index contributed by atoms with van der Waals surface area (Å²) >= 11 is 0. The Hall–Kier alpha value is -1.85. The maximum absolute atomic E-state index is 11.8. The molecule has 19 heavy (non-hydrogen) atoms. The van der Waals surface area contributed by atoms with Gasteiger partial charge in [-0.25, -0.2) is 4.98 Å². The van der Waals surface area contributed by atoms with Gasteiger partial charge in [0.15, 0.2) is 5.89 Å². The Kier molecular flexibility index (Phi) is 5.54. The van der Waals surface area contributed by atoms with Crippen molar-refractivity contribution < 1.29 is 19.1 Å². The number of carboxylic acid groups (broad SMARTS) is 1. The molecular weight excluding hydrogens is 248 g/mol. The maximum Gasteiger partial charge on any atom is 0.303 e. The molecule has 0 aliphatic heterocycles. The van der Waals surface area contributed by atoms with E-state index in [0.29, 0.717) is 24.6 Å². The zero-order chi connectivity index (χ0) is 14.4. The van der Waals surface area contributed by atoms with Gasteiger partial charge >= 0.3 is 5.97 Å². The van der Waals surface area contributed by atoms with E-state index in [0.717, 1.165) is 6.42 Å². The number of hydrogen-bond acceptors (Lipinski definition) is 4. The van der Waals surface area contributed by atoms with Crippen LogP contribution in [0.15, 0.2) is 4.42 Å². The van der Waals surface area contributed by atoms with Crippen molar-refractivity contribution in [2.24, 2.45) is 5.92 Å².